The van der Waals surface area contributed by atoms with Crippen LogP contribution in [0.1, 0.15) is 12.5 Å². The van der Waals surface area contributed by atoms with Crippen LogP contribution in [-0.2, 0) is 13.1 Å². The van der Waals surface area contributed by atoms with Crippen LogP contribution >= 0.6 is 0 Å². The number of anilines is 1. The van der Waals surface area contributed by atoms with Gasteiger partial charge in [0.25, 0.3) is 0 Å². The molecule has 5 rings (SSSR count). The Bertz CT molecular complexity index is 1380. The second kappa shape index (κ2) is 6.49. The van der Waals surface area contributed by atoms with Gasteiger partial charge in [-0.15, -0.1) is 0 Å². The minimum atomic E-state index is -0.106. The van der Waals surface area contributed by atoms with E-state index in [0.717, 1.165) is 27.8 Å². The minimum Gasteiger partial charge on any atom is -0.365 e. The van der Waals surface area contributed by atoms with Crippen LogP contribution in [0.5, 0.6) is 0 Å². The molecule has 0 aliphatic heterocycles. The van der Waals surface area contributed by atoms with Crippen LogP contribution in [-0.4, -0.2) is 19.5 Å². The molecule has 0 saturated heterocycles. The molecule has 0 radical (unpaired) electrons. The van der Waals surface area contributed by atoms with Crippen LogP contribution in [0.15, 0.2) is 65.7 Å². The van der Waals surface area contributed by atoms with E-state index in [1.807, 2.05) is 25.1 Å². The van der Waals surface area contributed by atoms with Crippen molar-refractivity contribution in [3.05, 3.63) is 77.0 Å². The van der Waals surface area contributed by atoms with Crippen molar-refractivity contribution in [1.82, 2.24) is 19.5 Å². The monoisotopic (exact) mass is 369 g/mol. The van der Waals surface area contributed by atoms with Gasteiger partial charge in [0, 0.05) is 18.5 Å². The van der Waals surface area contributed by atoms with E-state index in [4.69, 9.17) is 0 Å². The number of hydrogen-bond acceptors (Lipinski definition) is 4. The van der Waals surface area contributed by atoms with Gasteiger partial charge in [-0.3, -0.25) is 4.57 Å². The van der Waals surface area contributed by atoms with Crippen LogP contribution in [0.3, 0.4) is 0 Å². The largest absolute Gasteiger partial charge is 0.365 e. The zero-order chi connectivity index (χ0) is 19.1. The van der Waals surface area contributed by atoms with Crippen LogP contribution in [0.2, 0.25) is 0 Å². The third-order valence-electron chi connectivity index (χ3n) is 5.17. The number of benzene rings is 3. The zero-order valence-electron chi connectivity index (χ0n) is 15.4. The molecule has 2 heterocycles. The number of rotatable bonds is 4. The number of nitrogens with zero attached hydrogens (tertiary/aromatic N) is 3. The molecule has 0 fully saturated rings. The predicted molar refractivity (Wildman–Crippen MR) is 113 cm³/mol. The fraction of sp³-hybridized carbons (Fsp3) is 0.136. The lowest BCUT2D eigenvalue weighted by Gasteiger charge is -2.11. The van der Waals surface area contributed by atoms with Crippen molar-refractivity contribution in [2.24, 2.45) is 0 Å². The molecule has 28 heavy (non-hydrogen) atoms. The van der Waals surface area contributed by atoms with Gasteiger partial charge in [-0.1, -0.05) is 42.5 Å². The molecule has 0 aliphatic carbocycles. The number of aromatic nitrogens is 4. The number of nitrogens with one attached hydrogen (secondary N) is 2. The average molecular weight is 369 g/mol. The highest BCUT2D eigenvalue weighted by atomic mass is 16.1. The fourth-order valence-corrected chi connectivity index (χ4v) is 3.79. The Hall–Kier alpha value is -3.67. The number of imidazole rings is 1. The summed E-state index contributed by atoms with van der Waals surface area (Å²) in [6.45, 7) is 3.22. The number of fused-ring (bicyclic) bond motifs is 3. The summed E-state index contributed by atoms with van der Waals surface area (Å²) in [5.74, 6) is 0.755. The smallest absolute Gasteiger partial charge is 0.326 e. The number of aromatic amines is 1. The molecule has 0 unspecified atom stereocenters. The normalized spacial score (nSPS) is 11.5. The Kier molecular flexibility index (Phi) is 3.83. The molecule has 2 aromatic heterocycles. The molecular formula is C22H19N5O. The third kappa shape index (κ3) is 2.62. The van der Waals surface area contributed by atoms with Gasteiger partial charge in [-0.25, -0.2) is 14.8 Å². The van der Waals surface area contributed by atoms with E-state index < -0.39 is 0 Å². The standard InChI is InChI=1S/C22H19N5O/c1-2-27-20-11-18-17(10-19(20)26-22(27)28)21(25-13-24-18)23-12-15-8-5-7-14-6-3-4-9-16(14)15/h3-11,13H,2,12H2,1H3,(H,26,28)(H,23,24,25). The van der Waals surface area contributed by atoms with Crippen LogP contribution in [0, 0.1) is 0 Å². The van der Waals surface area contributed by atoms with E-state index in [1.54, 1.807) is 10.9 Å². The Morgan fingerprint density at radius 1 is 1.04 bits per heavy atom. The van der Waals surface area contributed by atoms with Gasteiger partial charge in [0.2, 0.25) is 0 Å². The molecule has 2 N–H and O–H groups in total. The maximum absolute atomic E-state index is 12.1. The second-order valence-electron chi connectivity index (χ2n) is 6.78. The first-order valence-corrected chi connectivity index (χ1v) is 9.32. The van der Waals surface area contributed by atoms with Gasteiger partial charge < -0.3 is 10.3 Å². The quantitative estimate of drug-likeness (QED) is 0.501. The molecule has 0 amide bonds. The van der Waals surface area contributed by atoms with Crippen LogP contribution < -0.4 is 11.0 Å². The second-order valence-corrected chi connectivity index (χ2v) is 6.78. The highest BCUT2D eigenvalue weighted by Gasteiger charge is 2.11. The van der Waals surface area contributed by atoms with Gasteiger partial charge in [-0.05, 0) is 35.4 Å². The van der Waals surface area contributed by atoms with Gasteiger partial charge in [-0.2, -0.15) is 0 Å². The van der Waals surface area contributed by atoms with Gasteiger partial charge in [0.1, 0.15) is 12.1 Å². The Labute approximate surface area is 160 Å². The van der Waals surface area contributed by atoms with Crippen LogP contribution in [0.25, 0.3) is 32.7 Å². The maximum atomic E-state index is 12.1. The summed E-state index contributed by atoms with van der Waals surface area (Å²) < 4.78 is 1.71. The number of H-pyrrole nitrogens is 1. The number of aryl methyl sites for hydroxylation is 1. The molecule has 0 bridgehead atoms. The molecule has 3 aromatic carbocycles. The van der Waals surface area contributed by atoms with Crippen molar-refractivity contribution < 1.29 is 0 Å². The Morgan fingerprint density at radius 2 is 1.89 bits per heavy atom. The molecule has 6 nitrogen and oxygen atoms in total. The molecular weight excluding hydrogens is 350 g/mol. The van der Waals surface area contributed by atoms with Gasteiger partial charge >= 0.3 is 5.69 Å². The lowest BCUT2D eigenvalue weighted by molar-refractivity contribution is 0.753. The van der Waals surface area contributed by atoms with E-state index in [-0.39, 0.29) is 5.69 Å². The third-order valence-corrected chi connectivity index (χ3v) is 5.17. The van der Waals surface area contributed by atoms with Crippen molar-refractivity contribution in [2.75, 3.05) is 5.32 Å². The summed E-state index contributed by atoms with van der Waals surface area (Å²) in [6.07, 6.45) is 1.56. The first-order chi connectivity index (χ1) is 13.7. The van der Waals surface area contributed by atoms with Crippen LogP contribution in [0.4, 0.5) is 5.82 Å². The highest BCUT2D eigenvalue weighted by molar-refractivity contribution is 5.98. The van der Waals surface area contributed by atoms with Gasteiger partial charge in [0.05, 0.1) is 16.6 Å². The first kappa shape index (κ1) is 16.5. The summed E-state index contributed by atoms with van der Waals surface area (Å²) in [4.78, 5) is 23.9. The Balaban J connectivity index is 1.57. The summed E-state index contributed by atoms with van der Waals surface area (Å²) in [5, 5.41) is 6.78. The molecule has 0 atom stereocenters. The topological polar surface area (TPSA) is 75.6 Å². The molecule has 0 saturated carbocycles. The molecule has 0 spiro atoms. The fourth-order valence-electron chi connectivity index (χ4n) is 3.79. The van der Waals surface area contributed by atoms with E-state index in [0.29, 0.717) is 13.1 Å². The molecule has 0 aliphatic rings. The molecule has 5 aromatic rings. The highest BCUT2D eigenvalue weighted by Crippen LogP contribution is 2.25. The summed E-state index contributed by atoms with van der Waals surface area (Å²) >= 11 is 0. The van der Waals surface area contributed by atoms with E-state index >= 15 is 0 Å². The van der Waals surface area contributed by atoms with E-state index in [1.165, 1.54) is 16.3 Å². The molecule has 138 valence electrons. The maximum Gasteiger partial charge on any atom is 0.326 e. The zero-order valence-corrected chi connectivity index (χ0v) is 15.4. The summed E-state index contributed by atoms with van der Waals surface area (Å²) in [6, 6.07) is 18.5. The van der Waals surface area contributed by atoms with Crippen molar-refractivity contribution in [3.63, 3.8) is 0 Å². The average Bonchev–Trinajstić information content (AvgIpc) is 3.04. The van der Waals surface area contributed by atoms with Crippen molar-refractivity contribution in [2.45, 2.75) is 20.0 Å². The SMILES string of the molecule is CCn1c(=O)[nH]c2cc3c(NCc4cccc5ccccc45)ncnc3cc21. The minimum absolute atomic E-state index is 0.106. The number of hydrogen-bond donors (Lipinski definition) is 2. The van der Waals surface area contributed by atoms with Crippen molar-refractivity contribution in [1.29, 1.82) is 0 Å². The predicted octanol–water partition coefficient (Wildman–Crippen LogP) is 4.06. The first-order valence-electron chi connectivity index (χ1n) is 9.32. The Morgan fingerprint density at radius 3 is 2.79 bits per heavy atom. The summed E-state index contributed by atoms with van der Waals surface area (Å²) in [7, 11) is 0. The van der Waals surface area contributed by atoms with E-state index in [2.05, 4.69) is 56.7 Å². The van der Waals surface area contributed by atoms with Crippen molar-refractivity contribution >= 4 is 38.5 Å². The van der Waals surface area contributed by atoms with Crippen molar-refractivity contribution in [3.8, 4) is 0 Å². The lowest BCUT2D eigenvalue weighted by Crippen LogP contribution is -2.14. The van der Waals surface area contributed by atoms with Gasteiger partial charge in [0.15, 0.2) is 0 Å². The molecule has 6 heteroatoms. The van der Waals surface area contributed by atoms with E-state index in [9.17, 15) is 4.79 Å². The summed E-state index contributed by atoms with van der Waals surface area (Å²) in [5.41, 5.74) is 3.56. The lowest BCUT2D eigenvalue weighted by atomic mass is 10.0.